The number of hydrogen-bond donors (Lipinski definition) is 1. The summed E-state index contributed by atoms with van der Waals surface area (Å²) >= 11 is 0. The van der Waals surface area contributed by atoms with Gasteiger partial charge in [0, 0.05) is 13.1 Å². The van der Waals surface area contributed by atoms with Gasteiger partial charge in [-0.2, -0.15) is 0 Å². The second-order valence-corrected chi connectivity index (χ2v) is 4.27. The summed E-state index contributed by atoms with van der Waals surface area (Å²) in [5.41, 5.74) is 7.36. The topological polar surface area (TPSA) is 29.3 Å². The van der Waals surface area contributed by atoms with E-state index in [4.69, 9.17) is 5.73 Å². The van der Waals surface area contributed by atoms with E-state index in [0.717, 1.165) is 43.6 Å². The van der Waals surface area contributed by atoms with Crippen LogP contribution in [0.25, 0.3) is 0 Å². The van der Waals surface area contributed by atoms with Gasteiger partial charge in [0.25, 0.3) is 0 Å². The van der Waals surface area contributed by atoms with E-state index in [-0.39, 0.29) is 5.82 Å². The Kier molecular flexibility index (Phi) is 5.98. The van der Waals surface area contributed by atoms with Crippen molar-refractivity contribution in [1.82, 2.24) is 0 Å². The average molecular weight is 238 g/mol. The van der Waals surface area contributed by atoms with E-state index in [0.29, 0.717) is 6.54 Å². The monoisotopic (exact) mass is 238 g/mol. The molecule has 0 heterocycles. The molecule has 0 aliphatic rings. The first-order valence-electron chi connectivity index (χ1n) is 6.47. The largest absolute Gasteiger partial charge is 0.369 e. The molecule has 0 radical (unpaired) electrons. The summed E-state index contributed by atoms with van der Waals surface area (Å²) in [7, 11) is 0. The third kappa shape index (κ3) is 3.70. The van der Waals surface area contributed by atoms with Crippen molar-refractivity contribution in [2.45, 2.75) is 33.1 Å². The summed E-state index contributed by atoms with van der Waals surface area (Å²) < 4.78 is 14.0. The van der Waals surface area contributed by atoms with Crippen LogP contribution in [0.3, 0.4) is 0 Å². The van der Waals surface area contributed by atoms with Gasteiger partial charge >= 0.3 is 0 Å². The molecule has 0 atom stereocenters. The van der Waals surface area contributed by atoms with E-state index in [2.05, 4.69) is 18.7 Å². The van der Waals surface area contributed by atoms with Crippen molar-refractivity contribution in [2.75, 3.05) is 24.5 Å². The van der Waals surface area contributed by atoms with Crippen LogP contribution < -0.4 is 10.6 Å². The molecule has 0 saturated carbocycles. The first-order chi connectivity index (χ1) is 8.24. The average Bonchev–Trinajstić information content (AvgIpc) is 2.30. The summed E-state index contributed by atoms with van der Waals surface area (Å²) in [4.78, 5) is 2.14. The lowest BCUT2D eigenvalue weighted by atomic mass is 10.1. The maximum Gasteiger partial charge on any atom is 0.146 e. The lowest BCUT2D eigenvalue weighted by Gasteiger charge is -2.26. The van der Waals surface area contributed by atoms with E-state index >= 15 is 0 Å². The number of nitrogens with two attached hydrogens (primary N) is 1. The summed E-state index contributed by atoms with van der Waals surface area (Å²) in [6, 6.07) is 5.27. The Morgan fingerprint density at radius 2 is 1.82 bits per heavy atom. The fourth-order valence-corrected chi connectivity index (χ4v) is 2.15. The van der Waals surface area contributed by atoms with Crippen LogP contribution in [0.2, 0.25) is 0 Å². The van der Waals surface area contributed by atoms with Crippen LogP contribution >= 0.6 is 0 Å². The molecule has 3 heteroatoms. The molecular formula is C14H23FN2. The predicted octanol–water partition coefficient (Wildman–Crippen LogP) is 2.95. The van der Waals surface area contributed by atoms with Gasteiger partial charge in [0.1, 0.15) is 5.82 Å². The van der Waals surface area contributed by atoms with Gasteiger partial charge in [0.2, 0.25) is 0 Å². The molecule has 0 saturated heterocycles. The van der Waals surface area contributed by atoms with Crippen molar-refractivity contribution in [3.8, 4) is 0 Å². The number of para-hydroxylation sites is 1. The Balaban J connectivity index is 3.05. The number of benzene rings is 1. The SMILES string of the molecule is CCCN(CCC)c1c(F)cccc1CCN. The lowest BCUT2D eigenvalue weighted by Crippen LogP contribution is -2.27. The van der Waals surface area contributed by atoms with Crippen LogP contribution in [0.1, 0.15) is 32.3 Å². The van der Waals surface area contributed by atoms with Gasteiger partial charge in [-0.1, -0.05) is 26.0 Å². The maximum absolute atomic E-state index is 14.0. The molecule has 96 valence electrons. The highest BCUT2D eigenvalue weighted by Crippen LogP contribution is 2.25. The molecule has 17 heavy (non-hydrogen) atoms. The second kappa shape index (κ2) is 7.28. The molecule has 2 nitrogen and oxygen atoms in total. The van der Waals surface area contributed by atoms with Gasteiger partial charge in [-0.3, -0.25) is 0 Å². The van der Waals surface area contributed by atoms with Crippen molar-refractivity contribution in [1.29, 1.82) is 0 Å². The molecule has 0 aromatic heterocycles. The Labute approximate surface area is 104 Å². The van der Waals surface area contributed by atoms with Gasteiger partial charge in [-0.05, 0) is 37.4 Å². The highest BCUT2D eigenvalue weighted by molar-refractivity contribution is 5.55. The van der Waals surface area contributed by atoms with Crippen LogP contribution in [0.15, 0.2) is 18.2 Å². The normalized spacial score (nSPS) is 10.6. The molecule has 0 aliphatic heterocycles. The van der Waals surface area contributed by atoms with Crippen LogP contribution in [0, 0.1) is 5.82 Å². The molecule has 0 spiro atoms. The first kappa shape index (κ1) is 14.0. The first-order valence-corrected chi connectivity index (χ1v) is 6.47. The minimum Gasteiger partial charge on any atom is -0.369 e. The predicted molar refractivity (Wildman–Crippen MR) is 72.0 cm³/mol. The standard InChI is InChI=1S/C14H23FN2/c1-3-10-17(11-4-2)14-12(8-9-16)6-5-7-13(14)15/h5-7H,3-4,8-11,16H2,1-2H3. The highest BCUT2D eigenvalue weighted by Gasteiger charge is 2.14. The quantitative estimate of drug-likeness (QED) is 0.791. The van der Waals surface area contributed by atoms with E-state index < -0.39 is 0 Å². The third-order valence-electron chi connectivity index (χ3n) is 2.79. The summed E-state index contributed by atoms with van der Waals surface area (Å²) in [6.45, 7) is 6.58. The molecule has 2 N–H and O–H groups in total. The zero-order chi connectivity index (χ0) is 12.7. The molecular weight excluding hydrogens is 215 g/mol. The van der Waals surface area contributed by atoms with E-state index in [1.165, 1.54) is 6.07 Å². The van der Waals surface area contributed by atoms with Crippen LogP contribution in [-0.2, 0) is 6.42 Å². The van der Waals surface area contributed by atoms with Crippen molar-refractivity contribution in [2.24, 2.45) is 5.73 Å². The Morgan fingerprint density at radius 3 is 2.35 bits per heavy atom. The molecule has 0 amide bonds. The fourth-order valence-electron chi connectivity index (χ4n) is 2.15. The minimum atomic E-state index is -0.127. The smallest absolute Gasteiger partial charge is 0.146 e. The maximum atomic E-state index is 14.0. The molecule has 1 aromatic carbocycles. The molecule has 0 unspecified atom stereocenters. The van der Waals surface area contributed by atoms with Gasteiger partial charge in [-0.15, -0.1) is 0 Å². The minimum absolute atomic E-state index is 0.127. The summed E-state index contributed by atoms with van der Waals surface area (Å²) in [5.74, 6) is -0.127. The Hall–Kier alpha value is -1.09. The highest BCUT2D eigenvalue weighted by atomic mass is 19.1. The van der Waals surface area contributed by atoms with E-state index in [9.17, 15) is 4.39 Å². The van der Waals surface area contributed by atoms with Gasteiger partial charge in [0.05, 0.1) is 5.69 Å². The molecule has 1 aromatic rings. The van der Waals surface area contributed by atoms with E-state index in [1.54, 1.807) is 6.07 Å². The second-order valence-electron chi connectivity index (χ2n) is 4.27. The molecule has 0 bridgehead atoms. The van der Waals surface area contributed by atoms with Crippen LogP contribution in [-0.4, -0.2) is 19.6 Å². The zero-order valence-corrected chi connectivity index (χ0v) is 10.9. The zero-order valence-electron chi connectivity index (χ0n) is 10.9. The van der Waals surface area contributed by atoms with Gasteiger partial charge < -0.3 is 10.6 Å². The van der Waals surface area contributed by atoms with Crippen molar-refractivity contribution in [3.05, 3.63) is 29.6 Å². The van der Waals surface area contributed by atoms with Gasteiger partial charge in [-0.25, -0.2) is 4.39 Å². The van der Waals surface area contributed by atoms with Crippen molar-refractivity contribution >= 4 is 5.69 Å². The fraction of sp³-hybridized carbons (Fsp3) is 0.571. The Morgan fingerprint density at radius 1 is 1.18 bits per heavy atom. The number of nitrogens with zero attached hydrogens (tertiary/aromatic N) is 1. The van der Waals surface area contributed by atoms with E-state index in [1.807, 2.05) is 6.07 Å². The molecule has 0 fully saturated rings. The number of anilines is 1. The molecule has 1 rings (SSSR count). The van der Waals surface area contributed by atoms with Crippen LogP contribution in [0.4, 0.5) is 10.1 Å². The number of halogens is 1. The van der Waals surface area contributed by atoms with Gasteiger partial charge in [0.15, 0.2) is 0 Å². The summed E-state index contributed by atoms with van der Waals surface area (Å²) in [6.07, 6.45) is 2.78. The summed E-state index contributed by atoms with van der Waals surface area (Å²) in [5, 5.41) is 0. The number of rotatable bonds is 7. The molecule has 0 aliphatic carbocycles. The van der Waals surface area contributed by atoms with Crippen molar-refractivity contribution in [3.63, 3.8) is 0 Å². The van der Waals surface area contributed by atoms with Crippen molar-refractivity contribution < 1.29 is 4.39 Å². The third-order valence-corrected chi connectivity index (χ3v) is 2.79. The lowest BCUT2D eigenvalue weighted by molar-refractivity contribution is 0.610. The Bertz CT molecular complexity index is 333. The number of hydrogen-bond acceptors (Lipinski definition) is 2. The van der Waals surface area contributed by atoms with Crippen LogP contribution in [0.5, 0.6) is 0 Å².